The van der Waals surface area contributed by atoms with Gasteiger partial charge >= 0.3 is 0 Å². The Morgan fingerprint density at radius 1 is 0.800 bits per heavy atom. The minimum absolute atomic E-state index is 0. The first kappa shape index (κ1) is 29.6. The van der Waals surface area contributed by atoms with Crippen LogP contribution in [0.3, 0.4) is 0 Å². The Kier molecular flexibility index (Phi) is 9.20. The van der Waals surface area contributed by atoms with Crippen molar-refractivity contribution in [3.8, 4) is 22.5 Å². The zero-order valence-electron chi connectivity index (χ0n) is 23.9. The number of rotatable bonds is 4. The molecule has 0 fully saturated rings. The molecule has 3 heterocycles. The van der Waals surface area contributed by atoms with Crippen molar-refractivity contribution in [2.75, 3.05) is 0 Å². The minimum atomic E-state index is -1.36. The van der Waals surface area contributed by atoms with E-state index in [-0.39, 0.29) is 20.1 Å². The summed E-state index contributed by atoms with van der Waals surface area (Å²) in [5.74, 6) is 0.534. The molecule has 0 spiro atoms. The quantitative estimate of drug-likeness (QED) is 0.135. The van der Waals surface area contributed by atoms with Crippen molar-refractivity contribution >= 4 is 35.2 Å². The van der Waals surface area contributed by atoms with Crippen LogP contribution < -0.4 is 5.19 Å². The molecule has 0 amide bonds. The smallest absolute Gasteiger partial charge is 0.120 e. The molecule has 0 N–H and O–H groups in total. The monoisotopic (exact) mass is 719 g/mol. The molecular weight excluding hydrogens is 685 g/mol. The molecule has 0 saturated carbocycles. The van der Waals surface area contributed by atoms with E-state index in [0.717, 1.165) is 44.5 Å². The maximum absolute atomic E-state index is 6.26. The van der Waals surface area contributed by atoms with Crippen molar-refractivity contribution < 1.29 is 24.5 Å². The van der Waals surface area contributed by atoms with Gasteiger partial charge < -0.3 is 14.4 Å². The van der Waals surface area contributed by atoms with Gasteiger partial charge in [-0.15, -0.1) is 54.1 Å². The fourth-order valence-corrected chi connectivity index (χ4v) is 5.68. The van der Waals surface area contributed by atoms with Gasteiger partial charge in [-0.05, 0) is 41.9 Å². The van der Waals surface area contributed by atoms with E-state index in [1.807, 2.05) is 48.8 Å². The number of nitrogens with zero attached hydrogens (tertiary/aromatic N) is 2. The molecule has 205 valence electrons. The van der Waals surface area contributed by atoms with Gasteiger partial charge in [-0.2, -0.15) is 0 Å². The molecule has 3 aromatic heterocycles. The molecule has 0 bridgehead atoms. The SMILES string of the molecule is CC(C)c1ccc(-c2[c-]cccc2)nc1.Cc1ccnc(-c2[c-]ccc3c2oc2cc([Si](C)(C)C)ccc23)c1.[Ir]. The van der Waals surface area contributed by atoms with E-state index in [4.69, 9.17) is 4.42 Å². The van der Waals surface area contributed by atoms with Crippen LogP contribution in [0.25, 0.3) is 44.5 Å². The molecular formula is C35H34IrN2OSi-2. The Morgan fingerprint density at radius 2 is 1.62 bits per heavy atom. The molecule has 0 unspecified atom stereocenters. The second-order valence-corrected chi connectivity index (χ2v) is 16.4. The molecule has 0 aliphatic carbocycles. The number of fused-ring (bicyclic) bond motifs is 3. The van der Waals surface area contributed by atoms with Crippen molar-refractivity contribution in [1.29, 1.82) is 0 Å². The summed E-state index contributed by atoms with van der Waals surface area (Å²) in [5, 5.41) is 3.70. The van der Waals surface area contributed by atoms with Crippen LogP contribution in [0.2, 0.25) is 19.6 Å². The Hall–Kier alpha value is -3.37. The number of hydrogen-bond donors (Lipinski definition) is 0. The third-order valence-corrected chi connectivity index (χ3v) is 8.95. The number of furan rings is 1. The van der Waals surface area contributed by atoms with E-state index < -0.39 is 8.07 Å². The molecule has 6 rings (SSSR count). The Morgan fingerprint density at radius 3 is 2.27 bits per heavy atom. The summed E-state index contributed by atoms with van der Waals surface area (Å²) in [6, 6.07) is 33.4. The minimum Gasteiger partial charge on any atom is -0.501 e. The molecule has 0 aliphatic rings. The van der Waals surface area contributed by atoms with Crippen LogP contribution in [-0.2, 0) is 20.1 Å². The number of pyridine rings is 2. The van der Waals surface area contributed by atoms with Gasteiger partial charge in [-0.3, -0.25) is 0 Å². The average Bonchev–Trinajstić information content (AvgIpc) is 3.32. The summed E-state index contributed by atoms with van der Waals surface area (Å²) in [6.45, 7) is 13.5. The Bertz CT molecular complexity index is 1720. The summed E-state index contributed by atoms with van der Waals surface area (Å²) >= 11 is 0. The van der Waals surface area contributed by atoms with Crippen molar-refractivity contribution in [3.05, 3.63) is 115 Å². The molecule has 0 saturated heterocycles. The largest absolute Gasteiger partial charge is 0.501 e. The van der Waals surface area contributed by atoms with Crippen molar-refractivity contribution in [1.82, 2.24) is 9.97 Å². The maximum Gasteiger partial charge on any atom is 0.120 e. The van der Waals surface area contributed by atoms with Crippen LogP contribution >= 0.6 is 0 Å². The molecule has 0 aliphatic heterocycles. The normalized spacial score (nSPS) is 11.3. The van der Waals surface area contributed by atoms with Crippen molar-refractivity contribution in [2.24, 2.45) is 0 Å². The van der Waals surface area contributed by atoms with E-state index in [9.17, 15) is 0 Å². The molecule has 3 aromatic carbocycles. The standard InChI is InChI=1S/C21H20NOSi.C14H14N.Ir/c1-14-10-11-22-19(12-14)18-7-5-6-17-16-9-8-15(24(2,3)4)13-20(16)23-21(17)18;1-11(2)13-8-9-14(15-10-13)12-6-4-3-5-7-12;/h5-6,8-13H,1-4H3;3-6,8-11H,1-2H3;/q2*-1;. The van der Waals surface area contributed by atoms with Crippen LogP contribution in [-0.4, -0.2) is 18.0 Å². The number of hydrogen-bond acceptors (Lipinski definition) is 3. The molecule has 0 atom stereocenters. The molecule has 3 nitrogen and oxygen atoms in total. The van der Waals surface area contributed by atoms with E-state index in [0.29, 0.717) is 5.92 Å². The topological polar surface area (TPSA) is 38.9 Å². The second kappa shape index (κ2) is 12.4. The number of benzene rings is 3. The third kappa shape index (κ3) is 6.50. The summed E-state index contributed by atoms with van der Waals surface area (Å²) in [6.07, 6.45) is 3.78. The van der Waals surface area contributed by atoms with Gasteiger partial charge in [0.25, 0.3) is 0 Å². The van der Waals surface area contributed by atoms with Gasteiger partial charge in [0.15, 0.2) is 0 Å². The van der Waals surface area contributed by atoms with Crippen LogP contribution in [0.1, 0.15) is 30.9 Å². The summed E-state index contributed by atoms with van der Waals surface area (Å²) in [7, 11) is -1.36. The fourth-order valence-electron chi connectivity index (χ4n) is 4.53. The van der Waals surface area contributed by atoms with Gasteiger partial charge in [0.05, 0.1) is 13.7 Å². The van der Waals surface area contributed by atoms with E-state index >= 15 is 0 Å². The van der Waals surface area contributed by atoms with Crippen molar-refractivity contribution in [3.63, 3.8) is 0 Å². The van der Waals surface area contributed by atoms with Crippen LogP contribution in [0, 0.1) is 19.1 Å². The van der Waals surface area contributed by atoms with E-state index in [1.54, 1.807) is 0 Å². The van der Waals surface area contributed by atoms with Gasteiger partial charge in [0.1, 0.15) is 5.58 Å². The second-order valence-electron chi connectivity index (χ2n) is 11.3. The van der Waals surface area contributed by atoms with Crippen LogP contribution in [0.15, 0.2) is 95.7 Å². The Balaban J connectivity index is 0.000000200. The predicted molar refractivity (Wildman–Crippen MR) is 166 cm³/mol. The fraction of sp³-hybridized carbons (Fsp3) is 0.200. The summed E-state index contributed by atoms with van der Waals surface area (Å²) in [4.78, 5) is 8.94. The first-order valence-corrected chi connectivity index (χ1v) is 16.9. The first-order chi connectivity index (χ1) is 18.7. The van der Waals surface area contributed by atoms with Crippen molar-refractivity contribution in [2.45, 2.75) is 46.3 Å². The zero-order chi connectivity index (χ0) is 27.6. The Labute approximate surface area is 252 Å². The van der Waals surface area contributed by atoms with Gasteiger partial charge in [0, 0.05) is 37.9 Å². The van der Waals surface area contributed by atoms with Crippen LogP contribution in [0.4, 0.5) is 0 Å². The summed E-state index contributed by atoms with van der Waals surface area (Å²) < 4.78 is 6.26. The maximum atomic E-state index is 6.26. The van der Waals surface area contributed by atoms with Gasteiger partial charge in [0.2, 0.25) is 0 Å². The number of aryl methyl sites for hydroxylation is 1. The van der Waals surface area contributed by atoms with Gasteiger partial charge in [-0.1, -0.05) is 85.5 Å². The van der Waals surface area contributed by atoms with E-state index in [1.165, 1.54) is 16.3 Å². The molecule has 40 heavy (non-hydrogen) atoms. The van der Waals surface area contributed by atoms with E-state index in [2.05, 4.69) is 105 Å². The van der Waals surface area contributed by atoms with Gasteiger partial charge in [-0.25, -0.2) is 0 Å². The third-order valence-electron chi connectivity index (χ3n) is 6.91. The molecule has 1 radical (unpaired) electrons. The van der Waals surface area contributed by atoms with Crippen LogP contribution in [0.5, 0.6) is 0 Å². The average molecular weight is 719 g/mol. The number of aromatic nitrogens is 2. The first-order valence-electron chi connectivity index (χ1n) is 13.4. The molecule has 5 heteroatoms. The zero-order valence-corrected chi connectivity index (χ0v) is 27.3. The summed E-state index contributed by atoms with van der Waals surface area (Å²) in [5.41, 5.74) is 8.16. The predicted octanol–water partition coefficient (Wildman–Crippen LogP) is 8.97. The molecule has 6 aromatic rings.